The van der Waals surface area contributed by atoms with Crippen molar-refractivity contribution in [3.8, 4) is 0 Å². The maximum absolute atomic E-state index is 11.2. The first-order valence-corrected chi connectivity index (χ1v) is 6.31. The molecular formula is C12H19NO8. The van der Waals surface area contributed by atoms with Gasteiger partial charge in [0.2, 0.25) is 0 Å². The van der Waals surface area contributed by atoms with Crippen LogP contribution in [0.15, 0.2) is 0 Å². The van der Waals surface area contributed by atoms with Crippen molar-refractivity contribution < 1.29 is 38.4 Å². The molecule has 1 fully saturated rings. The maximum atomic E-state index is 11.2. The third kappa shape index (κ3) is 4.66. The molecule has 0 bridgehead atoms. The van der Waals surface area contributed by atoms with Crippen molar-refractivity contribution in [1.82, 2.24) is 0 Å². The van der Waals surface area contributed by atoms with Crippen molar-refractivity contribution in [3.05, 3.63) is 0 Å². The lowest BCUT2D eigenvalue weighted by molar-refractivity contribution is -0.289. The van der Waals surface area contributed by atoms with E-state index in [1.807, 2.05) is 0 Å². The van der Waals surface area contributed by atoms with Crippen LogP contribution in [0.5, 0.6) is 0 Å². The Morgan fingerprint density at radius 3 is 1.81 bits per heavy atom. The van der Waals surface area contributed by atoms with Crippen LogP contribution < -0.4 is 5.73 Å². The summed E-state index contributed by atoms with van der Waals surface area (Å²) in [4.78, 5) is 33.5. The molecule has 0 radical (unpaired) electrons. The van der Waals surface area contributed by atoms with Crippen LogP contribution in [0, 0.1) is 0 Å². The van der Waals surface area contributed by atoms with Gasteiger partial charge in [-0.1, -0.05) is 0 Å². The number of nitrogens with two attached hydrogens (primary N) is 1. The summed E-state index contributed by atoms with van der Waals surface area (Å²) in [5.41, 5.74) is 5.50. The molecule has 1 rings (SSSR count). The minimum atomic E-state index is -1.56. The minimum Gasteiger partial charge on any atom is -0.456 e. The van der Waals surface area contributed by atoms with Crippen LogP contribution in [0.3, 0.4) is 0 Å². The van der Waals surface area contributed by atoms with Crippen LogP contribution in [0.2, 0.25) is 0 Å². The SMILES string of the molecule is CC(=O)O[C@@H]1[C@@H](OC(C)=O)[C@H](O)O[C@H](CN)[C@H]1OC(C)=O. The number of hydrogen-bond donors (Lipinski definition) is 2. The molecule has 1 saturated heterocycles. The predicted molar refractivity (Wildman–Crippen MR) is 66.6 cm³/mol. The molecular weight excluding hydrogens is 286 g/mol. The fraction of sp³-hybridized carbons (Fsp3) is 0.750. The highest BCUT2D eigenvalue weighted by Crippen LogP contribution is 2.27. The summed E-state index contributed by atoms with van der Waals surface area (Å²) in [7, 11) is 0. The Bertz CT molecular complexity index is 412. The number of carbonyl (C=O) groups excluding carboxylic acids is 3. The Labute approximate surface area is 121 Å². The van der Waals surface area contributed by atoms with E-state index in [1.54, 1.807) is 0 Å². The zero-order valence-corrected chi connectivity index (χ0v) is 12.0. The molecule has 1 heterocycles. The summed E-state index contributed by atoms with van der Waals surface area (Å²) >= 11 is 0. The normalized spacial score (nSPS) is 32.1. The number of rotatable bonds is 4. The topological polar surface area (TPSA) is 134 Å². The summed E-state index contributed by atoms with van der Waals surface area (Å²) < 4.78 is 20.1. The van der Waals surface area contributed by atoms with E-state index in [0.717, 1.165) is 20.8 Å². The Kier molecular flexibility index (Phi) is 6.06. The molecule has 0 aromatic carbocycles. The monoisotopic (exact) mass is 305 g/mol. The van der Waals surface area contributed by atoms with E-state index < -0.39 is 48.6 Å². The summed E-state index contributed by atoms with van der Waals surface area (Å²) in [5.74, 6) is -2.07. The lowest BCUT2D eigenvalue weighted by atomic mass is 9.98. The van der Waals surface area contributed by atoms with Gasteiger partial charge in [0, 0.05) is 27.3 Å². The van der Waals surface area contributed by atoms with Gasteiger partial charge in [0.1, 0.15) is 6.10 Å². The standard InChI is InChI=1S/C12H19NO8/c1-5(14)18-9-8(4-13)21-12(17)11(20-7(3)16)10(9)19-6(2)15/h8-12,17H,4,13H2,1-3H3/t8-,9-,10+,11-,12-/m1/s1. The average Bonchev–Trinajstić information content (AvgIpc) is 2.35. The van der Waals surface area contributed by atoms with E-state index in [0.29, 0.717) is 0 Å². The van der Waals surface area contributed by atoms with Crippen LogP contribution in [0.25, 0.3) is 0 Å². The molecule has 0 amide bonds. The number of aliphatic hydroxyl groups is 1. The highest BCUT2D eigenvalue weighted by Gasteiger charge is 2.50. The fourth-order valence-corrected chi connectivity index (χ4v) is 2.06. The van der Waals surface area contributed by atoms with Gasteiger partial charge in [0.15, 0.2) is 24.6 Å². The van der Waals surface area contributed by atoms with Crippen molar-refractivity contribution in [3.63, 3.8) is 0 Å². The van der Waals surface area contributed by atoms with E-state index in [2.05, 4.69) is 0 Å². The first-order chi connectivity index (χ1) is 9.76. The minimum absolute atomic E-state index is 0.0977. The Balaban J connectivity index is 3.08. The van der Waals surface area contributed by atoms with Gasteiger partial charge in [-0.3, -0.25) is 14.4 Å². The van der Waals surface area contributed by atoms with E-state index in [-0.39, 0.29) is 6.54 Å². The molecule has 120 valence electrons. The highest BCUT2D eigenvalue weighted by molar-refractivity contribution is 5.68. The lowest BCUT2D eigenvalue weighted by Gasteiger charge is -2.42. The molecule has 21 heavy (non-hydrogen) atoms. The van der Waals surface area contributed by atoms with Crippen molar-refractivity contribution >= 4 is 17.9 Å². The Morgan fingerprint density at radius 2 is 1.38 bits per heavy atom. The van der Waals surface area contributed by atoms with Gasteiger partial charge in [0.05, 0.1) is 0 Å². The van der Waals surface area contributed by atoms with Crippen LogP contribution in [-0.2, 0) is 33.3 Å². The second kappa shape index (κ2) is 7.34. The smallest absolute Gasteiger partial charge is 0.303 e. The Morgan fingerprint density at radius 1 is 0.952 bits per heavy atom. The largest absolute Gasteiger partial charge is 0.456 e. The van der Waals surface area contributed by atoms with Gasteiger partial charge in [-0.2, -0.15) is 0 Å². The van der Waals surface area contributed by atoms with Crippen LogP contribution in [0.1, 0.15) is 20.8 Å². The Hall–Kier alpha value is -1.71. The first-order valence-electron chi connectivity index (χ1n) is 6.31. The molecule has 1 aliphatic rings. The molecule has 3 N–H and O–H groups in total. The number of ether oxygens (including phenoxy) is 4. The van der Waals surface area contributed by atoms with Crippen LogP contribution >= 0.6 is 0 Å². The molecule has 0 aliphatic carbocycles. The molecule has 9 heteroatoms. The summed E-state index contributed by atoms with van der Waals surface area (Å²) in [5, 5.41) is 9.87. The lowest BCUT2D eigenvalue weighted by Crippen LogP contribution is -2.62. The molecule has 0 spiro atoms. The van der Waals surface area contributed by atoms with Gasteiger partial charge in [-0.05, 0) is 0 Å². The van der Waals surface area contributed by atoms with Crippen molar-refractivity contribution in [2.24, 2.45) is 5.73 Å². The fourth-order valence-electron chi connectivity index (χ4n) is 2.06. The quantitative estimate of drug-likeness (QED) is 0.468. The maximum Gasteiger partial charge on any atom is 0.303 e. The number of hydrogen-bond acceptors (Lipinski definition) is 9. The second-order valence-electron chi connectivity index (χ2n) is 4.52. The third-order valence-electron chi connectivity index (χ3n) is 2.75. The summed E-state index contributed by atoms with van der Waals surface area (Å²) in [6.07, 6.45) is -6.09. The van der Waals surface area contributed by atoms with E-state index in [4.69, 9.17) is 24.7 Å². The van der Waals surface area contributed by atoms with Gasteiger partial charge in [-0.15, -0.1) is 0 Å². The summed E-state index contributed by atoms with van der Waals surface area (Å²) in [6, 6.07) is 0. The average molecular weight is 305 g/mol. The highest BCUT2D eigenvalue weighted by atomic mass is 16.7. The zero-order chi connectivity index (χ0) is 16.2. The van der Waals surface area contributed by atoms with Crippen LogP contribution in [0.4, 0.5) is 0 Å². The molecule has 0 aromatic heterocycles. The van der Waals surface area contributed by atoms with E-state index in [9.17, 15) is 19.5 Å². The van der Waals surface area contributed by atoms with Crippen molar-refractivity contribution in [2.75, 3.05) is 6.54 Å². The number of carbonyl (C=O) groups is 3. The van der Waals surface area contributed by atoms with E-state index in [1.165, 1.54) is 0 Å². The van der Waals surface area contributed by atoms with Crippen molar-refractivity contribution in [1.29, 1.82) is 0 Å². The van der Waals surface area contributed by atoms with E-state index >= 15 is 0 Å². The number of aliphatic hydroxyl groups excluding tert-OH is 1. The molecule has 1 aliphatic heterocycles. The second-order valence-corrected chi connectivity index (χ2v) is 4.52. The molecule has 5 atom stereocenters. The van der Waals surface area contributed by atoms with Gasteiger partial charge < -0.3 is 29.8 Å². The molecule has 0 saturated carbocycles. The van der Waals surface area contributed by atoms with Crippen molar-refractivity contribution in [2.45, 2.75) is 51.5 Å². The predicted octanol–water partition coefficient (Wildman–Crippen LogP) is -1.54. The van der Waals surface area contributed by atoms with Gasteiger partial charge in [0.25, 0.3) is 0 Å². The third-order valence-corrected chi connectivity index (χ3v) is 2.75. The first kappa shape index (κ1) is 17.3. The zero-order valence-electron chi connectivity index (χ0n) is 12.0. The van der Waals surface area contributed by atoms with Gasteiger partial charge >= 0.3 is 17.9 Å². The number of esters is 3. The molecule has 0 aromatic rings. The van der Waals surface area contributed by atoms with Crippen LogP contribution in [-0.4, -0.2) is 60.3 Å². The molecule has 9 nitrogen and oxygen atoms in total. The summed E-state index contributed by atoms with van der Waals surface area (Å²) in [6.45, 7) is 3.31. The van der Waals surface area contributed by atoms with Gasteiger partial charge in [-0.25, -0.2) is 0 Å². The molecule has 0 unspecified atom stereocenters.